The maximum atomic E-state index is 13.1. The highest BCUT2D eigenvalue weighted by atomic mass is 19.3. The van der Waals surface area contributed by atoms with Crippen LogP contribution in [0.4, 0.5) is 13.6 Å². The van der Waals surface area contributed by atoms with E-state index in [-0.39, 0.29) is 55.6 Å². The fourth-order valence-electron chi connectivity index (χ4n) is 5.53. The summed E-state index contributed by atoms with van der Waals surface area (Å²) >= 11 is 0. The molecule has 0 radical (unpaired) electrons. The van der Waals surface area contributed by atoms with Crippen LogP contribution in [0.2, 0.25) is 0 Å². The first-order valence-corrected chi connectivity index (χ1v) is 11.5. The van der Waals surface area contributed by atoms with Gasteiger partial charge in [-0.25, -0.2) is 13.6 Å². The van der Waals surface area contributed by atoms with E-state index < -0.39 is 18.1 Å². The number of imide groups is 1. The second kappa shape index (κ2) is 9.40. The molecule has 34 heavy (non-hydrogen) atoms. The Balaban J connectivity index is 1.22. The summed E-state index contributed by atoms with van der Waals surface area (Å²) in [6.07, 6.45) is 2.08. The van der Waals surface area contributed by atoms with Crippen LogP contribution in [0.15, 0.2) is 18.2 Å². The number of aldehydes is 1. The van der Waals surface area contributed by atoms with Crippen LogP contribution in [-0.2, 0) is 27.4 Å². The maximum absolute atomic E-state index is 13.1. The Kier molecular flexibility index (Phi) is 6.71. The molecule has 2 aliphatic carbocycles. The first-order valence-electron chi connectivity index (χ1n) is 11.5. The fourth-order valence-corrected chi connectivity index (χ4v) is 5.53. The van der Waals surface area contributed by atoms with Crippen LogP contribution in [0.5, 0.6) is 0 Å². The van der Waals surface area contributed by atoms with Gasteiger partial charge in [-0.15, -0.1) is 0 Å². The first kappa shape index (κ1) is 24.3. The lowest BCUT2D eigenvalue weighted by Crippen LogP contribution is -2.54. The Labute approximate surface area is 196 Å². The molecule has 1 saturated heterocycles. The minimum Gasteiger partial charge on any atom is -0.449 e. The number of carbonyl (C=O) groups is 4. The number of amides is 3. The van der Waals surface area contributed by atoms with Crippen molar-refractivity contribution in [2.45, 2.75) is 63.6 Å². The molecule has 0 aromatic heterocycles. The SMILES string of the molecule is CN(Cc1ccc(CNC(=O)OCC2CC3(C2)CC(F)(F)C3)cc1C=O)C1CCC(=O)NC1=O. The van der Waals surface area contributed by atoms with Crippen molar-refractivity contribution in [3.8, 4) is 0 Å². The summed E-state index contributed by atoms with van der Waals surface area (Å²) in [5.74, 6) is -3.02. The molecule has 10 heteroatoms. The molecule has 1 aromatic rings. The normalized spacial score (nSPS) is 23.1. The molecule has 3 amide bonds. The molecule has 184 valence electrons. The van der Waals surface area contributed by atoms with E-state index in [4.69, 9.17) is 4.74 Å². The van der Waals surface area contributed by atoms with Crippen LogP contribution in [0, 0.1) is 11.3 Å². The largest absolute Gasteiger partial charge is 0.449 e. The number of halogens is 2. The number of nitrogens with one attached hydrogen (secondary N) is 2. The van der Waals surface area contributed by atoms with Gasteiger partial charge in [-0.3, -0.25) is 24.6 Å². The minimum atomic E-state index is -2.53. The highest BCUT2D eigenvalue weighted by Gasteiger charge is 2.61. The lowest BCUT2D eigenvalue weighted by Gasteiger charge is -2.57. The van der Waals surface area contributed by atoms with E-state index in [2.05, 4.69) is 10.6 Å². The number of carbonyl (C=O) groups excluding carboxylic acids is 4. The molecular weight excluding hydrogens is 448 g/mol. The van der Waals surface area contributed by atoms with Gasteiger partial charge in [0.05, 0.1) is 12.6 Å². The smallest absolute Gasteiger partial charge is 0.407 e. The number of alkyl halides is 2. The van der Waals surface area contributed by atoms with Crippen molar-refractivity contribution in [3.63, 3.8) is 0 Å². The van der Waals surface area contributed by atoms with Gasteiger partial charge in [-0.1, -0.05) is 12.1 Å². The molecule has 1 unspecified atom stereocenters. The molecule has 1 heterocycles. The van der Waals surface area contributed by atoms with Crippen molar-refractivity contribution >= 4 is 24.2 Å². The Morgan fingerprint density at radius 1 is 1.29 bits per heavy atom. The topological polar surface area (TPSA) is 105 Å². The van der Waals surface area contributed by atoms with Gasteiger partial charge in [0.15, 0.2) is 0 Å². The zero-order chi connectivity index (χ0) is 24.5. The van der Waals surface area contributed by atoms with Crippen LogP contribution in [0.3, 0.4) is 0 Å². The number of likely N-dealkylation sites (N-methyl/N-ethyl adjacent to an activating group) is 1. The Morgan fingerprint density at radius 3 is 2.68 bits per heavy atom. The van der Waals surface area contributed by atoms with E-state index in [0.717, 1.165) is 11.8 Å². The summed E-state index contributed by atoms with van der Waals surface area (Å²) < 4.78 is 31.4. The average molecular weight is 478 g/mol. The molecule has 8 nitrogen and oxygen atoms in total. The fraction of sp³-hybridized carbons (Fsp3) is 0.583. The van der Waals surface area contributed by atoms with Crippen molar-refractivity contribution in [1.29, 1.82) is 0 Å². The standard InChI is InChI=1S/C24H29F2N3O5/c1-29(19-4-5-20(31)28-21(19)32)10-17-3-2-15(6-18(17)11-30)9-27-22(33)34-12-16-7-23(8-16)13-24(25,26)14-23/h2-3,6,11,16,19H,4-5,7-10,12-14H2,1H3,(H,27,33)(H,28,31,32). The predicted octanol–water partition coefficient (Wildman–Crippen LogP) is 2.79. The quantitative estimate of drug-likeness (QED) is 0.441. The number of piperidine rings is 1. The van der Waals surface area contributed by atoms with Crippen LogP contribution in [-0.4, -0.2) is 54.7 Å². The number of hydrogen-bond acceptors (Lipinski definition) is 6. The zero-order valence-electron chi connectivity index (χ0n) is 19.1. The van der Waals surface area contributed by atoms with Crippen LogP contribution in [0.25, 0.3) is 0 Å². The van der Waals surface area contributed by atoms with E-state index >= 15 is 0 Å². The molecule has 0 bridgehead atoms. The summed E-state index contributed by atoms with van der Waals surface area (Å²) in [5.41, 5.74) is 1.65. The van der Waals surface area contributed by atoms with Crippen molar-refractivity contribution in [2.75, 3.05) is 13.7 Å². The van der Waals surface area contributed by atoms with Crippen molar-refractivity contribution in [1.82, 2.24) is 15.5 Å². The second-order valence-electron chi connectivity index (χ2n) is 9.97. The molecule has 4 rings (SSSR count). The lowest BCUT2D eigenvalue weighted by molar-refractivity contribution is -0.210. The van der Waals surface area contributed by atoms with Gasteiger partial charge in [0.1, 0.15) is 6.29 Å². The predicted molar refractivity (Wildman–Crippen MR) is 117 cm³/mol. The van der Waals surface area contributed by atoms with Gasteiger partial charge in [-0.05, 0) is 54.8 Å². The summed E-state index contributed by atoms with van der Waals surface area (Å²) in [4.78, 5) is 48.8. The van der Waals surface area contributed by atoms with Gasteiger partial charge in [0, 0.05) is 37.9 Å². The Morgan fingerprint density at radius 2 is 2.03 bits per heavy atom. The lowest BCUT2D eigenvalue weighted by atomic mass is 9.50. The third kappa shape index (κ3) is 5.43. The summed E-state index contributed by atoms with van der Waals surface area (Å²) in [6.45, 7) is 0.735. The van der Waals surface area contributed by atoms with Crippen LogP contribution < -0.4 is 10.6 Å². The third-order valence-corrected chi connectivity index (χ3v) is 7.10. The Bertz CT molecular complexity index is 983. The molecule has 1 aliphatic heterocycles. The number of rotatable bonds is 8. The zero-order valence-corrected chi connectivity index (χ0v) is 19.1. The maximum Gasteiger partial charge on any atom is 0.407 e. The number of benzene rings is 1. The van der Waals surface area contributed by atoms with E-state index in [1.165, 1.54) is 0 Å². The molecule has 3 fully saturated rings. The third-order valence-electron chi connectivity index (χ3n) is 7.10. The molecule has 2 saturated carbocycles. The van der Waals surface area contributed by atoms with Crippen LogP contribution >= 0.6 is 0 Å². The number of alkyl carbamates (subject to hydrolysis) is 1. The van der Waals surface area contributed by atoms with Crippen molar-refractivity contribution in [3.05, 3.63) is 34.9 Å². The Hall–Kier alpha value is -2.88. The summed E-state index contributed by atoms with van der Waals surface area (Å²) in [7, 11) is 1.76. The molecule has 1 aromatic carbocycles. The second-order valence-corrected chi connectivity index (χ2v) is 9.97. The molecule has 1 atom stereocenters. The number of nitrogens with zero attached hydrogens (tertiary/aromatic N) is 1. The monoisotopic (exact) mass is 477 g/mol. The van der Waals surface area contributed by atoms with Crippen molar-refractivity contribution < 1.29 is 32.7 Å². The first-order chi connectivity index (χ1) is 16.1. The summed E-state index contributed by atoms with van der Waals surface area (Å²) in [5, 5.41) is 4.97. The van der Waals surface area contributed by atoms with E-state index in [1.54, 1.807) is 30.1 Å². The highest BCUT2D eigenvalue weighted by molar-refractivity contribution is 6.00. The van der Waals surface area contributed by atoms with Gasteiger partial charge in [0.2, 0.25) is 17.7 Å². The van der Waals surface area contributed by atoms with Gasteiger partial charge >= 0.3 is 6.09 Å². The van der Waals surface area contributed by atoms with Gasteiger partial charge in [-0.2, -0.15) is 0 Å². The summed E-state index contributed by atoms with van der Waals surface area (Å²) in [6, 6.07) is 4.79. The van der Waals surface area contributed by atoms with E-state index in [0.29, 0.717) is 36.9 Å². The highest BCUT2D eigenvalue weighted by Crippen LogP contribution is 2.64. The number of ether oxygens (including phenoxy) is 1. The van der Waals surface area contributed by atoms with E-state index in [9.17, 15) is 28.0 Å². The molecular formula is C24H29F2N3O5. The van der Waals surface area contributed by atoms with E-state index in [1.807, 2.05) is 0 Å². The van der Waals surface area contributed by atoms with Crippen molar-refractivity contribution in [2.24, 2.45) is 11.3 Å². The molecule has 1 spiro atoms. The average Bonchev–Trinajstić information content (AvgIpc) is 2.73. The molecule has 2 N–H and O–H groups in total. The number of hydrogen-bond donors (Lipinski definition) is 2. The van der Waals surface area contributed by atoms with Crippen LogP contribution in [0.1, 0.15) is 60.0 Å². The molecule has 3 aliphatic rings. The minimum absolute atomic E-state index is 0.0545. The van der Waals surface area contributed by atoms with Gasteiger partial charge in [0.25, 0.3) is 0 Å². The van der Waals surface area contributed by atoms with Gasteiger partial charge < -0.3 is 10.1 Å².